The number of hydrogen-bond acceptors (Lipinski definition) is 1. The molecule has 0 atom stereocenters. The topological polar surface area (TPSA) is 20.2 Å². The van der Waals surface area contributed by atoms with Gasteiger partial charge in [0.05, 0.1) is 6.61 Å². The van der Waals surface area contributed by atoms with Gasteiger partial charge >= 0.3 is 0 Å². The first-order valence-corrected chi connectivity index (χ1v) is 5.00. The summed E-state index contributed by atoms with van der Waals surface area (Å²) in [7, 11) is 0. The number of aliphatic hydroxyl groups is 1. The van der Waals surface area contributed by atoms with Gasteiger partial charge in [-0.1, -0.05) is 31.4 Å². The predicted octanol–water partition coefficient (Wildman–Crippen LogP) is 2.75. The Balaban J connectivity index is 2.35. The second-order valence-corrected chi connectivity index (χ2v) is 4.19. The first-order chi connectivity index (χ1) is 5.72. The quantitative estimate of drug-likeness (QED) is 0.629. The third-order valence-electron chi connectivity index (χ3n) is 2.83. The van der Waals surface area contributed by atoms with Crippen LogP contribution >= 0.6 is 0 Å². The predicted molar refractivity (Wildman–Crippen MR) is 52.0 cm³/mol. The molecule has 0 bridgehead atoms. The maximum absolute atomic E-state index is 8.85. The molecule has 1 aliphatic carbocycles. The van der Waals surface area contributed by atoms with Crippen molar-refractivity contribution >= 4 is 0 Å². The molecule has 0 radical (unpaired) electrons. The Labute approximate surface area is 75.5 Å². The van der Waals surface area contributed by atoms with Gasteiger partial charge in [-0.2, -0.15) is 0 Å². The number of aliphatic hydroxyl groups excluding tert-OH is 1. The van der Waals surface area contributed by atoms with E-state index in [-0.39, 0.29) is 6.61 Å². The molecule has 1 nitrogen and oxygen atoms in total. The number of hydrogen-bond donors (Lipinski definition) is 1. The molecular formula is C11H20O. The van der Waals surface area contributed by atoms with Crippen LogP contribution in [-0.4, -0.2) is 11.7 Å². The van der Waals surface area contributed by atoms with Crippen molar-refractivity contribution in [3.8, 4) is 0 Å². The molecule has 0 aliphatic heterocycles. The summed E-state index contributed by atoms with van der Waals surface area (Å²) in [6.45, 7) is 4.57. The van der Waals surface area contributed by atoms with E-state index in [2.05, 4.69) is 13.0 Å². The highest BCUT2D eigenvalue weighted by molar-refractivity contribution is 5.01. The van der Waals surface area contributed by atoms with E-state index in [0.29, 0.717) is 0 Å². The lowest BCUT2D eigenvalue weighted by Crippen LogP contribution is -2.10. The fourth-order valence-electron chi connectivity index (χ4n) is 1.91. The Hall–Kier alpha value is -0.300. The van der Waals surface area contributed by atoms with Crippen molar-refractivity contribution in [3.63, 3.8) is 0 Å². The summed E-state index contributed by atoms with van der Waals surface area (Å²) in [4.78, 5) is 0. The van der Waals surface area contributed by atoms with Crippen LogP contribution in [0.5, 0.6) is 0 Å². The lowest BCUT2D eigenvalue weighted by molar-refractivity contribution is 0.315. The average molecular weight is 168 g/mol. The summed E-state index contributed by atoms with van der Waals surface area (Å²) >= 11 is 0. The molecule has 0 unspecified atom stereocenters. The van der Waals surface area contributed by atoms with Gasteiger partial charge in [-0.15, -0.1) is 0 Å². The van der Waals surface area contributed by atoms with Crippen molar-refractivity contribution < 1.29 is 5.11 Å². The average Bonchev–Trinajstić information content (AvgIpc) is 2.09. The fourth-order valence-corrected chi connectivity index (χ4v) is 1.91. The third-order valence-corrected chi connectivity index (χ3v) is 2.83. The van der Waals surface area contributed by atoms with Crippen LogP contribution in [0.2, 0.25) is 0 Å². The highest BCUT2D eigenvalue weighted by atomic mass is 16.3. The molecule has 0 aromatic heterocycles. The molecule has 1 aliphatic rings. The van der Waals surface area contributed by atoms with E-state index in [1.807, 2.05) is 6.92 Å². The lowest BCUT2D eigenvalue weighted by Gasteiger charge is -2.24. The SMILES string of the molecule is C/C(=C\C1CCC(C)CC1)CO. The largest absolute Gasteiger partial charge is 0.392 e. The second-order valence-electron chi connectivity index (χ2n) is 4.19. The van der Waals surface area contributed by atoms with Crippen molar-refractivity contribution in [3.05, 3.63) is 11.6 Å². The molecule has 0 aromatic carbocycles. The standard InChI is InChI=1S/C11H20O/c1-9-3-5-11(6-4-9)7-10(2)8-12/h7,9,11-12H,3-6,8H2,1-2H3/b10-7+. The molecule has 1 N–H and O–H groups in total. The highest BCUT2D eigenvalue weighted by Crippen LogP contribution is 2.29. The molecule has 0 saturated heterocycles. The molecular weight excluding hydrogens is 148 g/mol. The zero-order chi connectivity index (χ0) is 8.97. The van der Waals surface area contributed by atoms with Crippen LogP contribution in [0.3, 0.4) is 0 Å². The zero-order valence-corrected chi connectivity index (χ0v) is 8.21. The maximum Gasteiger partial charge on any atom is 0.0639 e. The van der Waals surface area contributed by atoms with E-state index in [1.54, 1.807) is 0 Å². The molecule has 0 aromatic rings. The highest BCUT2D eigenvalue weighted by Gasteiger charge is 2.15. The van der Waals surface area contributed by atoms with E-state index in [9.17, 15) is 0 Å². The Morgan fingerprint density at radius 2 is 1.92 bits per heavy atom. The molecule has 1 saturated carbocycles. The van der Waals surface area contributed by atoms with Crippen LogP contribution in [0.1, 0.15) is 39.5 Å². The van der Waals surface area contributed by atoms with Gasteiger partial charge in [-0.25, -0.2) is 0 Å². The van der Waals surface area contributed by atoms with E-state index >= 15 is 0 Å². The van der Waals surface area contributed by atoms with Crippen LogP contribution in [0.4, 0.5) is 0 Å². The summed E-state index contributed by atoms with van der Waals surface area (Å²) in [6, 6.07) is 0. The van der Waals surface area contributed by atoms with Gasteiger partial charge in [-0.3, -0.25) is 0 Å². The van der Waals surface area contributed by atoms with Gasteiger partial charge in [0.25, 0.3) is 0 Å². The van der Waals surface area contributed by atoms with Crippen molar-refractivity contribution in [2.75, 3.05) is 6.61 Å². The Bertz CT molecular complexity index is 152. The van der Waals surface area contributed by atoms with Gasteiger partial charge in [0.1, 0.15) is 0 Å². The minimum absolute atomic E-state index is 0.228. The summed E-state index contributed by atoms with van der Waals surface area (Å²) in [5, 5.41) is 8.85. The van der Waals surface area contributed by atoms with Gasteiger partial charge in [-0.05, 0) is 31.6 Å². The zero-order valence-electron chi connectivity index (χ0n) is 8.21. The molecule has 1 heteroatoms. The van der Waals surface area contributed by atoms with Crippen LogP contribution < -0.4 is 0 Å². The lowest BCUT2D eigenvalue weighted by atomic mass is 9.82. The molecule has 0 heterocycles. The molecule has 0 spiro atoms. The normalized spacial score (nSPS) is 32.1. The van der Waals surface area contributed by atoms with Gasteiger partial charge in [0, 0.05) is 0 Å². The van der Waals surface area contributed by atoms with E-state index in [1.165, 1.54) is 25.7 Å². The van der Waals surface area contributed by atoms with E-state index < -0.39 is 0 Å². The Morgan fingerprint density at radius 3 is 2.42 bits per heavy atom. The van der Waals surface area contributed by atoms with Crippen LogP contribution in [0, 0.1) is 11.8 Å². The summed E-state index contributed by atoms with van der Waals surface area (Å²) in [6.07, 6.45) is 7.61. The Kier molecular flexibility index (Phi) is 3.80. The molecule has 1 fully saturated rings. The molecule has 0 amide bonds. The van der Waals surface area contributed by atoms with Crippen LogP contribution in [0.15, 0.2) is 11.6 Å². The van der Waals surface area contributed by atoms with E-state index in [4.69, 9.17) is 5.11 Å². The van der Waals surface area contributed by atoms with Gasteiger partial charge in [0.2, 0.25) is 0 Å². The van der Waals surface area contributed by atoms with Gasteiger partial charge < -0.3 is 5.11 Å². The Morgan fingerprint density at radius 1 is 1.33 bits per heavy atom. The van der Waals surface area contributed by atoms with Crippen molar-refractivity contribution in [1.82, 2.24) is 0 Å². The second kappa shape index (κ2) is 4.66. The smallest absolute Gasteiger partial charge is 0.0639 e. The number of rotatable bonds is 2. The minimum atomic E-state index is 0.228. The maximum atomic E-state index is 8.85. The monoisotopic (exact) mass is 168 g/mol. The first kappa shape index (κ1) is 9.79. The van der Waals surface area contributed by atoms with Crippen LogP contribution in [0.25, 0.3) is 0 Å². The van der Waals surface area contributed by atoms with Gasteiger partial charge in [0.15, 0.2) is 0 Å². The van der Waals surface area contributed by atoms with E-state index in [0.717, 1.165) is 17.4 Å². The molecule has 1 rings (SSSR count). The van der Waals surface area contributed by atoms with Crippen molar-refractivity contribution in [2.45, 2.75) is 39.5 Å². The summed E-state index contributed by atoms with van der Waals surface area (Å²) in [5.41, 5.74) is 1.13. The first-order valence-electron chi connectivity index (χ1n) is 5.00. The van der Waals surface area contributed by atoms with Crippen molar-refractivity contribution in [2.24, 2.45) is 11.8 Å². The van der Waals surface area contributed by atoms with Crippen LogP contribution in [-0.2, 0) is 0 Å². The minimum Gasteiger partial charge on any atom is -0.392 e. The fraction of sp³-hybridized carbons (Fsp3) is 0.818. The summed E-state index contributed by atoms with van der Waals surface area (Å²) in [5.74, 6) is 1.66. The summed E-state index contributed by atoms with van der Waals surface area (Å²) < 4.78 is 0. The third kappa shape index (κ3) is 2.98. The molecule has 12 heavy (non-hydrogen) atoms. The van der Waals surface area contributed by atoms with Crippen molar-refractivity contribution in [1.29, 1.82) is 0 Å². The molecule has 70 valence electrons. The number of allylic oxidation sites excluding steroid dienone is 1.